The molecule has 2 aliphatic heterocycles. The number of imide groups is 1. The largest absolute Gasteiger partial charge is 0.486 e. The van der Waals surface area contributed by atoms with Gasteiger partial charge < -0.3 is 20.1 Å². The number of carbonyl (C=O) groups is 3. The predicted octanol–water partition coefficient (Wildman–Crippen LogP) is 2.76. The smallest absolute Gasteiger partial charge is 0.325 e. The van der Waals surface area contributed by atoms with Crippen molar-refractivity contribution in [2.45, 2.75) is 25.4 Å². The molecule has 0 spiro atoms. The first-order valence-electron chi connectivity index (χ1n) is 9.87. The Hall–Kier alpha value is -3.26. The number of benzene rings is 2. The van der Waals surface area contributed by atoms with Crippen molar-refractivity contribution in [1.29, 1.82) is 0 Å². The third kappa shape index (κ3) is 3.90. The molecule has 2 N–H and O–H groups in total. The number of fused-ring (bicyclic) bond motifs is 1. The molecule has 4 amide bonds. The van der Waals surface area contributed by atoms with Crippen LogP contribution >= 0.6 is 11.6 Å². The Balaban J connectivity index is 1.48. The second-order valence-corrected chi connectivity index (χ2v) is 8.02. The summed E-state index contributed by atoms with van der Waals surface area (Å²) in [6.45, 7) is 3.84. The van der Waals surface area contributed by atoms with E-state index in [4.69, 9.17) is 21.1 Å². The molecular weight excluding hydrogens is 422 g/mol. The molecule has 0 bridgehead atoms. The summed E-state index contributed by atoms with van der Waals surface area (Å²) in [5, 5.41) is 6.00. The summed E-state index contributed by atoms with van der Waals surface area (Å²) in [5.74, 6) is 0.106. The monoisotopic (exact) mass is 443 g/mol. The van der Waals surface area contributed by atoms with Crippen LogP contribution in [0.2, 0.25) is 5.02 Å². The minimum atomic E-state index is -1.32. The lowest BCUT2D eigenvalue weighted by molar-refractivity contribution is -0.135. The molecule has 2 aromatic carbocycles. The van der Waals surface area contributed by atoms with Crippen molar-refractivity contribution in [1.82, 2.24) is 15.5 Å². The van der Waals surface area contributed by atoms with E-state index in [9.17, 15) is 14.4 Å². The highest BCUT2D eigenvalue weighted by atomic mass is 35.5. The number of halogens is 1. The number of urea groups is 1. The molecule has 1 saturated heterocycles. The number of hydrogen-bond acceptors (Lipinski definition) is 5. The first-order chi connectivity index (χ1) is 14.8. The number of rotatable bonds is 5. The van der Waals surface area contributed by atoms with Gasteiger partial charge in [-0.1, -0.05) is 35.9 Å². The molecule has 0 saturated carbocycles. The van der Waals surface area contributed by atoms with Gasteiger partial charge >= 0.3 is 6.03 Å². The lowest BCUT2D eigenvalue weighted by Crippen LogP contribution is -2.43. The predicted molar refractivity (Wildman–Crippen MR) is 113 cm³/mol. The molecule has 2 aliphatic rings. The van der Waals surface area contributed by atoms with Crippen LogP contribution in [-0.2, 0) is 15.1 Å². The van der Waals surface area contributed by atoms with Crippen molar-refractivity contribution in [2.24, 2.45) is 0 Å². The van der Waals surface area contributed by atoms with E-state index in [1.54, 1.807) is 50.2 Å². The Morgan fingerprint density at radius 1 is 1.19 bits per heavy atom. The van der Waals surface area contributed by atoms with Crippen LogP contribution in [0.25, 0.3) is 0 Å². The zero-order valence-corrected chi connectivity index (χ0v) is 17.9. The van der Waals surface area contributed by atoms with E-state index < -0.39 is 29.9 Å². The second kappa shape index (κ2) is 8.11. The normalized spacial score (nSPS) is 20.9. The van der Waals surface area contributed by atoms with Crippen LogP contribution in [0.4, 0.5) is 4.79 Å². The van der Waals surface area contributed by atoms with Crippen molar-refractivity contribution in [3.63, 3.8) is 0 Å². The van der Waals surface area contributed by atoms with Gasteiger partial charge in [-0.2, -0.15) is 0 Å². The lowest BCUT2D eigenvalue weighted by Gasteiger charge is -2.25. The molecule has 2 unspecified atom stereocenters. The van der Waals surface area contributed by atoms with Crippen molar-refractivity contribution in [2.75, 3.05) is 19.8 Å². The number of nitrogens with one attached hydrogen (secondary N) is 2. The first kappa shape index (κ1) is 21.0. The summed E-state index contributed by atoms with van der Waals surface area (Å²) in [6.07, 6.45) is 0. The van der Waals surface area contributed by atoms with Crippen LogP contribution in [0.1, 0.15) is 31.0 Å². The van der Waals surface area contributed by atoms with E-state index in [1.165, 1.54) is 0 Å². The van der Waals surface area contributed by atoms with Gasteiger partial charge in [0, 0.05) is 5.02 Å². The molecule has 2 heterocycles. The van der Waals surface area contributed by atoms with E-state index in [1.807, 2.05) is 6.07 Å². The van der Waals surface area contributed by atoms with Gasteiger partial charge in [0.15, 0.2) is 11.5 Å². The molecule has 2 atom stereocenters. The molecule has 2 aromatic rings. The maximum Gasteiger partial charge on any atom is 0.325 e. The van der Waals surface area contributed by atoms with E-state index >= 15 is 0 Å². The zero-order valence-electron chi connectivity index (χ0n) is 17.1. The summed E-state index contributed by atoms with van der Waals surface area (Å²) >= 11 is 6.18. The van der Waals surface area contributed by atoms with Crippen LogP contribution in [0.3, 0.4) is 0 Å². The fraction of sp³-hybridized carbons (Fsp3) is 0.318. The standard InChI is InChI=1S/C22H22ClN3O5/c1-13(15-5-3-4-6-16(15)23)24-19(27)12-26-20(28)22(2,25-21(26)29)14-7-8-17-18(11-14)31-10-9-30-17/h3-8,11,13H,9-10,12H2,1-2H3,(H,24,27)(H,25,29). The number of amides is 4. The third-order valence-corrected chi connectivity index (χ3v) is 5.79. The number of carbonyl (C=O) groups excluding carboxylic acids is 3. The second-order valence-electron chi connectivity index (χ2n) is 7.62. The summed E-state index contributed by atoms with van der Waals surface area (Å²) in [5.41, 5.74) is -0.0278. The molecule has 8 nitrogen and oxygen atoms in total. The minimum Gasteiger partial charge on any atom is -0.486 e. The van der Waals surface area contributed by atoms with E-state index in [0.29, 0.717) is 35.3 Å². The van der Waals surface area contributed by atoms with Crippen LogP contribution in [-0.4, -0.2) is 42.5 Å². The number of hydrogen-bond donors (Lipinski definition) is 2. The number of nitrogens with zero attached hydrogens (tertiary/aromatic N) is 1. The quantitative estimate of drug-likeness (QED) is 0.692. The van der Waals surface area contributed by atoms with E-state index in [-0.39, 0.29) is 6.04 Å². The van der Waals surface area contributed by atoms with Gasteiger partial charge in [-0.05, 0) is 43.2 Å². The molecule has 9 heteroatoms. The van der Waals surface area contributed by atoms with Crippen molar-refractivity contribution < 1.29 is 23.9 Å². The lowest BCUT2D eigenvalue weighted by atomic mass is 9.91. The van der Waals surface area contributed by atoms with Gasteiger partial charge in [0.2, 0.25) is 5.91 Å². The summed E-state index contributed by atoms with van der Waals surface area (Å²) in [7, 11) is 0. The minimum absolute atomic E-state index is 0.383. The highest BCUT2D eigenvalue weighted by molar-refractivity contribution is 6.31. The SMILES string of the molecule is CC(NC(=O)CN1C(=O)NC(C)(c2ccc3c(c2)OCCO3)C1=O)c1ccccc1Cl. The van der Waals surface area contributed by atoms with Crippen molar-refractivity contribution in [3.8, 4) is 11.5 Å². The van der Waals surface area contributed by atoms with Gasteiger partial charge in [0.25, 0.3) is 5.91 Å². The fourth-order valence-electron chi connectivity index (χ4n) is 3.73. The van der Waals surface area contributed by atoms with E-state index in [0.717, 1.165) is 10.5 Å². The molecule has 162 valence electrons. The summed E-state index contributed by atoms with van der Waals surface area (Å²) in [6, 6.07) is 11.2. The third-order valence-electron chi connectivity index (χ3n) is 5.45. The highest BCUT2D eigenvalue weighted by Crippen LogP contribution is 2.36. The maximum absolute atomic E-state index is 13.1. The van der Waals surface area contributed by atoms with Gasteiger partial charge in [-0.3, -0.25) is 14.5 Å². The topological polar surface area (TPSA) is 97.0 Å². The Kier molecular flexibility index (Phi) is 5.49. The van der Waals surface area contributed by atoms with Gasteiger partial charge in [0.05, 0.1) is 6.04 Å². The fourth-order valence-corrected chi connectivity index (χ4v) is 4.02. The Labute approximate surface area is 184 Å². The highest BCUT2D eigenvalue weighted by Gasteiger charge is 2.49. The molecular formula is C22H22ClN3O5. The maximum atomic E-state index is 13.1. The van der Waals surface area contributed by atoms with Gasteiger partial charge in [-0.15, -0.1) is 0 Å². The molecule has 0 aromatic heterocycles. The molecule has 31 heavy (non-hydrogen) atoms. The van der Waals surface area contributed by atoms with Gasteiger partial charge in [-0.25, -0.2) is 4.79 Å². The average Bonchev–Trinajstić information content (AvgIpc) is 2.97. The van der Waals surface area contributed by atoms with Crippen molar-refractivity contribution >= 4 is 29.4 Å². The molecule has 0 aliphatic carbocycles. The number of ether oxygens (including phenoxy) is 2. The zero-order chi connectivity index (χ0) is 22.2. The average molecular weight is 444 g/mol. The first-order valence-corrected chi connectivity index (χ1v) is 10.3. The molecule has 1 fully saturated rings. The van der Waals surface area contributed by atoms with Crippen molar-refractivity contribution in [3.05, 3.63) is 58.6 Å². The molecule has 0 radical (unpaired) electrons. The Morgan fingerprint density at radius 3 is 2.65 bits per heavy atom. The summed E-state index contributed by atoms with van der Waals surface area (Å²) in [4.78, 5) is 39.1. The van der Waals surface area contributed by atoms with Crippen LogP contribution in [0, 0.1) is 0 Å². The van der Waals surface area contributed by atoms with Crippen LogP contribution in [0.5, 0.6) is 11.5 Å². The van der Waals surface area contributed by atoms with E-state index in [2.05, 4.69) is 10.6 Å². The van der Waals surface area contributed by atoms with Crippen LogP contribution in [0.15, 0.2) is 42.5 Å². The van der Waals surface area contributed by atoms with Gasteiger partial charge in [0.1, 0.15) is 25.3 Å². The Bertz CT molecular complexity index is 1060. The molecule has 4 rings (SSSR count). The van der Waals surface area contributed by atoms with Crippen LogP contribution < -0.4 is 20.1 Å². The summed E-state index contributed by atoms with van der Waals surface area (Å²) < 4.78 is 11.1. The Morgan fingerprint density at radius 2 is 1.90 bits per heavy atom.